The van der Waals surface area contributed by atoms with Gasteiger partial charge in [0, 0.05) is 59.1 Å². The molecular formula is C23H29N5O5S2. The maximum Gasteiger partial charge on any atom is 0.409 e. The largest absolute Gasteiger partial charge is 0.450 e. The monoisotopic (exact) mass is 519 g/mol. The lowest BCUT2D eigenvalue weighted by Crippen LogP contribution is -2.50. The summed E-state index contributed by atoms with van der Waals surface area (Å²) in [5.41, 5.74) is 0.744. The molecule has 0 saturated carbocycles. The molecule has 10 nitrogen and oxygen atoms in total. The first-order valence-electron chi connectivity index (χ1n) is 11.3. The topological polar surface area (TPSA) is 108 Å². The van der Waals surface area contributed by atoms with Crippen molar-refractivity contribution in [1.82, 2.24) is 14.4 Å². The van der Waals surface area contributed by atoms with Crippen molar-refractivity contribution in [2.45, 2.75) is 20.3 Å². The maximum atomic E-state index is 13.1. The molecule has 35 heavy (non-hydrogen) atoms. The van der Waals surface area contributed by atoms with E-state index in [0.717, 1.165) is 0 Å². The number of anilines is 1. The molecule has 2 aliphatic rings. The van der Waals surface area contributed by atoms with E-state index in [1.54, 1.807) is 43.9 Å². The van der Waals surface area contributed by atoms with Crippen molar-refractivity contribution < 1.29 is 19.1 Å². The Balaban J connectivity index is 1.99. The van der Waals surface area contributed by atoms with Gasteiger partial charge in [-0.15, -0.1) is 0 Å². The zero-order chi connectivity index (χ0) is 25.7. The predicted molar refractivity (Wildman–Crippen MR) is 138 cm³/mol. The van der Waals surface area contributed by atoms with E-state index in [0.29, 0.717) is 78.5 Å². The fourth-order valence-corrected chi connectivity index (χ4v) is 5.39. The number of hydrogen-bond acceptors (Lipinski definition) is 9. The van der Waals surface area contributed by atoms with Crippen molar-refractivity contribution >= 4 is 52.2 Å². The van der Waals surface area contributed by atoms with Gasteiger partial charge in [0.25, 0.3) is 11.5 Å². The number of thioether (sulfide) groups is 1. The summed E-state index contributed by atoms with van der Waals surface area (Å²) in [6.07, 6.45) is 2.01. The number of carbonyl (C=O) groups is 2. The standard InChI is InChI=1S/C23H29N5O5S2/c1-5-33-22(31)27-10-8-26(9-11-27)19-16(15(2)17(14-24)20(29)25(19)3)13-18-21(30)28(23(34)35-18)7-6-12-32-4/h13H,5-12H2,1-4H3/b18-13-. The molecule has 0 unspecified atom stereocenters. The van der Waals surface area contributed by atoms with Crippen LogP contribution in [0.2, 0.25) is 0 Å². The first kappa shape index (κ1) is 26.7. The number of amides is 2. The summed E-state index contributed by atoms with van der Waals surface area (Å²) in [6.45, 7) is 6.53. The second-order valence-electron chi connectivity index (χ2n) is 8.07. The lowest BCUT2D eigenvalue weighted by atomic mass is 10.0. The smallest absolute Gasteiger partial charge is 0.409 e. The summed E-state index contributed by atoms with van der Waals surface area (Å²) in [7, 11) is 3.22. The van der Waals surface area contributed by atoms with Crippen LogP contribution in [0.4, 0.5) is 10.6 Å². The van der Waals surface area contributed by atoms with Gasteiger partial charge in [-0.1, -0.05) is 24.0 Å². The Kier molecular flexibility index (Phi) is 8.93. The summed E-state index contributed by atoms with van der Waals surface area (Å²) in [5, 5.41) is 9.64. The van der Waals surface area contributed by atoms with Gasteiger partial charge in [0.1, 0.15) is 21.8 Å². The Bertz CT molecular complexity index is 1150. The molecule has 0 atom stereocenters. The highest BCUT2D eigenvalue weighted by Crippen LogP contribution is 2.36. The van der Waals surface area contributed by atoms with Crippen molar-refractivity contribution in [3.8, 4) is 6.07 Å². The van der Waals surface area contributed by atoms with Crippen molar-refractivity contribution in [1.29, 1.82) is 5.26 Å². The van der Waals surface area contributed by atoms with Crippen LogP contribution in [-0.4, -0.2) is 83.7 Å². The second-order valence-corrected chi connectivity index (χ2v) is 9.74. The van der Waals surface area contributed by atoms with Crippen molar-refractivity contribution in [2.24, 2.45) is 7.05 Å². The number of thiocarbonyl (C=S) groups is 1. The van der Waals surface area contributed by atoms with Gasteiger partial charge in [0.05, 0.1) is 11.5 Å². The number of methoxy groups -OCH3 is 1. The molecule has 2 fully saturated rings. The van der Waals surface area contributed by atoms with Gasteiger partial charge in [0.2, 0.25) is 0 Å². The Morgan fingerprint density at radius 1 is 1.26 bits per heavy atom. The molecule has 2 amide bonds. The third-order valence-corrected chi connectivity index (χ3v) is 7.33. The fourth-order valence-electron chi connectivity index (χ4n) is 4.10. The molecule has 0 aliphatic carbocycles. The molecule has 3 rings (SSSR count). The molecule has 0 bridgehead atoms. The minimum absolute atomic E-state index is 0.0308. The van der Waals surface area contributed by atoms with Gasteiger partial charge >= 0.3 is 6.09 Å². The zero-order valence-electron chi connectivity index (χ0n) is 20.3. The first-order valence-corrected chi connectivity index (χ1v) is 12.5. The predicted octanol–water partition coefficient (Wildman–Crippen LogP) is 2.08. The van der Waals surface area contributed by atoms with Crippen LogP contribution in [0, 0.1) is 18.3 Å². The van der Waals surface area contributed by atoms with Gasteiger partial charge in [-0.05, 0) is 31.9 Å². The summed E-state index contributed by atoms with van der Waals surface area (Å²) in [4.78, 5) is 43.8. The molecule has 0 aromatic carbocycles. The summed E-state index contributed by atoms with van der Waals surface area (Å²) in [5.74, 6) is 0.389. The Hall–Kier alpha value is -2.88. The molecular weight excluding hydrogens is 490 g/mol. The molecule has 2 aliphatic heterocycles. The number of hydrogen-bond donors (Lipinski definition) is 0. The van der Waals surface area contributed by atoms with Crippen LogP contribution in [0.25, 0.3) is 6.08 Å². The van der Waals surface area contributed by atoms with E-state index in [1.807, 2.05) is 11.0 Å². The van der Waals surface area contributed by atoms with Gasteiger partial charge in [0.15, 0.2) is 0 Å². The summed E-state index contributed by atoms with van der Waals surface area (Å²) in [6, 6.07) is 2.01. The second kappa shape index (κ2) is 11.7. The Morgan fingerprint density at radius 2 is 1.94 bits per heavy atom. The van der Waals surface area contributed by atoms with Crippen LogP contribution in [0.3, 0.4) is 0 Å². The third-order valence-electron chi connectivity index (χ3n) is 5.95. The van der Waals surface area contributed by atoms with E-state index >= 15 is 0 Å². The van der Waals surface area contributed by atoms with Crippen LogP contribution >= 0.6 is 24.0 Å². The fraction of sp³-hybridized carbons (Fsp3) is 0.522. The van der Waals surface area contributed by atoms with Crippen LogP contribution in [0.15, 0.2) is 9.70 Å². The van der Waals surface area contributed by atoms with E-state index in [4.69, 9.17) is 21.7 Å². The van der Waals surface area contributed by atoms with Crippen LogP contribution in [-0.2, 0) is 21.3 Å². The Labute approximate surface area is 214 Å². The molecule has 188 valence electrons. The third kappa shape index (κ3) is 5.52. The average Bonchev–Trinajstić information content (AvgIpc) is 3.11. The lowest BCUT2D eigenvalue weighted by Gasteiger charge is -2.37. The molecule has 0 radical (unpaired) electrons. The summed E-state index contributed by atoms with van der Waals surface area (Å²) < 4.78 is 12.1. The lowest BCUT2D eigenvalue weighted by molar-refractivity contribution is -0.122. The van der Waals surface area contributed by atoms with E-state index in [1.165, 1.54) is 16.3 Å². The van der Waals surface area contributed by atoms with Crippen molar-refractivity contribution in [3.63, 3.8) is 0 Å². The normalized spacial score (nSPS) is 17.3. The van der Waals surface area contributed by atoms with E-state index in [9.17, 15) is 19.6 Å². The molecule has 0 N–H and O–H groups in total. The van der Waals surface area contributed by atoms with Crippen LogP contribution in [0.1, 0.15) is 30.0 Å². The zero-order valence-corrected chi connectivity index (χ0v) is 22.0. The van der Waals surface area contributed by atoms with E-state index in [2.05, 4.69) is 0 Å². The SMILES string of the molecule is CCOC(=O)N1CCN(c2c(/C=C3\SC(=S)N(CCCOC)C3=O)c(C)c(C#N)c(=O)n2C)CC1. The van der Waals surface area contributed by atoms with E-state index < -0.39 is 5.56 Å². The van der Waals surface area contributed by atoms with Gasteiger partial charge in [-0.25, -0.2) is 4.79 Å². The number of carbonyl (C=O) groups excluding carboxylic acids is 2. The van der Waals surface area contributed by atoms with Crippen molar-refractivity contribution in [2.75, 3.05) is 57.9 Å². The van der Waals surface area contributed by atoms with Crippen LogP contribution in [0.5, 0.6) is 0 Å². The Morgan fingerprint density at radius 3 is 2.54 bits per heavy atom. The average molecular weight is 520 g/mol. The maximum absolute atomic E-state index is 13.1. The molecule has 1 aromatic heterocycles. The minimum atomic E-state index is -0.405. The molecule has 0 spiro atoms. The number of nitriles is 1. The summed E-state index contributed by atoms with van der Waals surface area (Å²) >= 11 is 6.63. The molecule has 2 saturated heterocycles. The number of piperazine rings is 1. The van der Waals surface area contributed by atoms with Gasteiger partial charge < -0.3 is 19.3 Å². The quantitative estimate of drug-likeness (QED) is 0.304. The van der Waals surface area contributed by atoms with Crippen molar-refractivity contribution in [3.05, 3.63) is 31.9 Å². The first-order chi connectivity index (χ1) is 16.7. The number of aromatic nitrogens is 1. The number of ether oxygens (including phenoxy) is 2. The van der Waals surface area contributed by atoms with E-state index in [-0.39, 0.29) is 17.6 Å². The highest BCUT2D eigenvalue weighted by atomic mass is 32.2. The number of nitrogens with zero attached hydrogens (tertiary/aromatic N) is 5. The highest BCUT2D eigenvalue weighted by Gasteiger charge is 2.33. The number of pyridine rings is 1. The minimum Gasteiger partial charge on any atom is -0.450 e. The van der Waals surface area contributed by atoms with Gasteiger partial charge in [-0.2, -0.15) is 5.26 Å². The molecule has 12 heteroatoms. The molecule has 1 aromatic rings. The number of rotatable bonds is 7. The molecule has 3 heterocycles. The highest BCUT2D eigenvalue weighted by molar-refractivity contribution is 8.26. The van der Waals surface area contributed by atoms with Crippen LogP contribution < -0.4 is 10.5 Å². The van der Waals surface area contributed by atoms with Gasteiger partial charge in [-0.3, -0.25) is 19.1 Å².